The van der Waals surface area contributed by atoms with Gasteiger partial charge in [0.05, 0.1) is 39.1 Å². The highest BCUT2D eigenvalue weighted by molar-refractivity contribution is 14.1. The minimum atomic E-state index is -0.795. The molecule has 0 aliphatic carbocycles. The van der Waals surface area contributed by atoms with Crippen molar-refractivity contribution >= 4 is 79.2 Å². The third-order valence-corrected chi connectivity index (χ3v) is 9.92. The van der Waals surface area contributed by atoms with Crippen LogP contribution in [0.25, 0.3) is 11.8 Å². The number of methoxy groups -OCH3 is 1. The van der Waals surface area contributed by atoms with Crippen molar-refractivity contribution in [1.82, 2.24) is 4.57 Å². The lowest BCUT2D eigenvalue weighted by Crippen LogP contribution is -2.40. The normalized spacial score (nSPS) is 14.4. The summed E-state index contributed by atoms with van der Waals surface area (Å²) in [5, 5.41) is 0.650. The summed E-state index contributed by atoms with van der Waals surface area (Å²) in [7, 11) is 1.59. The van der Waals surface area contributed by atoms with E-state index < -0.39 is 12.0 Å². The molecule has 0 spiro atoms. The molecule has 0 unspecified atom stereocenters. The Hall–Kier alpha value is -3.71. The number of benzene rings is 4. The number of carbonyl (C=O) groups is 1. The first-order valence-corrected chi connectivity index (χ1v) is 17.6. The van der Waals surface area contributed by atoms with E-state index in [1.165, 1.54) is 11.3 Å². The van der Waals surface area contributed by atoms with E-state index in [0.29, 0.717) is 43.7 Å². The van der Waals surface area contributed by atoms with E-state index in [0.717, 1.165) is 24.7 Å². The number of halogens is 3. The first-order chi connectivity index (χ1) is 22.8. The molecule has 1 aliphatic heterocycles. The zero-order valence-electron chi connectivity index (χ0n) is 25.2. The zero-order valence-corrected chi connectivity index (χ0v) is 30.5. The van der Waals surface area contributed by atoms with Crippen LogP contribution in [0, 0.1) is 3.57 Å². The molecule has 0 saturated heterocycles. The van der Waals surface area contributed by atoms with Crippen molar-refractivity contribution in [3.8, 4) is 11.5 Å². The van der Waals surface area contributed by atoms with E-state index in [4.69, 9.17) is 30.8 Å². The molecule has 4 aromatic carbocycles. The largest absolute Gasteiger partial charge is 0.497 e. The minimum Gasteiger partial charge on any atom is -0.497 e. The summed E-state index contributed by atoms with van der Waals surface area (Å²) in [4.78, 5) is 33.5. The number of rotatable bonds is 9. The second kappa shape index (κ2) is 14.6. The SMILES string of the molecule is CCOC(=O)C1=C(c2ccccc2)N=c2s/c(=C\c3cc(Br)cc(I)c3OCc3ccc(Cl)cc3)c(=O)n2[C@@H]1c1ccc(OC)cc1. The molecule has 7 nitrogen and oxygen atoms in total. The molecule has 6 rings (SSSR count). The molecular weight excluding hydrogens is 815 g/mol. The van der Waals surface area contributed by atoms with Crippen LogP contribution in [0.3, 0.4) is 0 Å². The smallest absolute Gasteiger partial charge is 0.338 e. The summed E-state index contributed by atoms with van der Waals surface area (Å²) in [6, 6.07) is 27.3. The Morgan fingerprint density at radius 1 is 1.06 bits per heavy atom. The highest BCUT2D eigenvalue weighted by atomic mass is 127. The second-order valence-corrected chi connectivity index (χ2v) is 13.9. The van der Waals surface area contributed by atoms with Crippen LogP contribution in [0.1, 0.15) is 35.2 Å². The molecule has 0 amide bonds. The van der Waals surface area contributed by atoms with Crippen molar-refractivity contribution < 1.29 is 19.0 Å². The average Bonchev–Trinajstić information content (AvgIpc) is 3.38. The molecule has 0 fully saturated rings. The summed E-state index contributed by atoms with van der Waals surface area (Å²) in [6.45, 7) is 2.24. The highest BCUT2D eigenvalue weighted by Gasteiger charge is 2.35. The number of esters is 1. The number of aromatic nitrogens is 1. The average molecular weight is 842 g/mol. The molecule has 0 radical (unpaired) electrons. The van der Waals surface area contributed by atoms with Gasteiger partial charge in [0, 0.05) is 20.6 Å². The monoisotopic (exact) mass is 840 g/mol. The molecule has 5 aromatic rings. The number of ether oxygens (including phenoxy) is 3. The topological polar surface area (TPSA) is 79.1 Å². The van der Waals surface area contributed by atoms with Crippen molar-refractivity contribution in [2.75, 3.05) is 13.7 Å². The van der Waals surface area contributed by atoms with Crippen LogP contribution in [0.4, 0.5) is 0 Å². The quantitative estimate of drug-likeness (QED) is 0.113. The van der Waals surface area contributed by atoms with E-state index in [-0.39, 0.29) is 17.7 Å². The van der Waals surface area contributed by atoms with Crippen molar-refractivity contribution in [3.63, 3.8) is 0 Å². The van der Waals surface area contributed by atoms with Gasteiger partial charge in [-0.05, 0) is 83.1 Å². The predicted molar refractivity (Wildman–Crippen MR) is 197 cm³/mol. The minimum absolute atomic E-state index is 0.171. The van der Waals surface area contributed by atoms with Gasteiger partial charge < -0.3 is 14.2 Å². The first-order valence-electron chi connectivity index (χ1n) is 14.6. The molecule has 238 valence electrons. The van der Waals surface area contributed by atoms with Crippen LogP contribution in [-0.2, 0) is 16.1 Å². The predicted octanol–water partition coefficient (Wildman–Crippen LogP) is 7.54. The van der Waals surface area contributed by atoms with Crippen LogP contribution in [-0.4, -0.2) is 24.3 Å². The number of fused-ring (bicyclic) bond motifs is 1. The second-order valence-electron chi connectivity index (χ2n) is 10.4. The Morgan fingerprint density at radius 3 is 2.47 bits per heavy atom. The molecule has 0 N–H and O–H groups in total. The maximum Gasteiger partial charge on any atom is 0.338 e. The summed E-state index contributed by atoms with van der Waals surface area (Å²) >= 11 is 13.2. The highest BCUT2D eigenvalue weighted by Crippen LogP contribution is 2.36. The fourth-order valence-corrected chi connectivity index (χ4v) is 8.08. The summed E-state index contributed by atoms with van der Waals surface area (Å²) < 4.78 is 21.0. The molecule has 1 atom stereocenters. The molecule has 1 aliphatic rings. The molecular formula is C36H27BrClIN2O5S. The fraction of sp³-hybridized carbons (Fsp3) is 0.139. The summed E-state index contributed by atoms with van der Waals surface area (Å²) in [5.41, 5.74) is 3.59. The third kappa shape index (κ3) is 7.11. The molecule has 0 bridgehead atoms. The van der Waals surface area contributed by atoms with E-state index in [1.54, 1.807) is 18.6 Å². The van der Waals surface area contributed by atoms with Crippen molar-refractivity contribution in [2.45, 2.75) is 19.6 Å². The summed E-state index contributed by atoms with van der Waals surface area (Å²) in [5.74, 6) is 0.754. The molecule has 47 heavy (non-hydrogen) atoms. The van der Waals surface area contributed by atoms with E-state index in [1.807, 2.05) is 97.1 Å². The fourth-order valence-electron chi connectivity index (χ4n) is 5.26. The molecule has 0 saturated carbocycles. The van der Waals surface area contributed by atoms with E-state index >= 15 is 0 Å². The lowest BCUT2D eigenvalue weighted by Gasteiger charge is -2.26. The molecule has 11 heteroatoms. The number of hydrogen-bond donors (Lipinski definition) is 0. The van der Waals surface area contributed by atoms with Crippen molar-refractivity contribution in [3.05, 3.63) is 152 Å². The Morgan fingerprint density at radius 2 is 1.79 bits per heavy atom. The van der Waals surface area contributed by atoms with Crippen molar-refractivity contribution in [1.29, 1.82) is 0 Å². The first kappa shape index (κ1) is 33.2. The van der Waals surface area contributed by atoms with Gasteiger partial charge in [0.1, 0.15) is 18.1 Å². The van der Waals surface area contributed by atoms with Gasteiger partial charge in [0.15, 0.2) is 4.80 Å². The Kier molecular flexibility index (Phi) is 10.3. The number of thiazole rings is 1. The Labute approximate surface area is 302 Å². The molecule has 1 aromatic heterocycles. The Bertz CT molecular complexity index is 2160. The standard InChI is InChI=1S/C36H27BrClIN2O5S/c1-3-45-35(43)30-31(22-7-5-4-6-8-22)40-36-41(32(30)23-11-15-27(44-2)16-12-23)34(42)29(47-36)18-24-17-25(37)19-28(39)33(24)46-20-21-9-13-26(38)14-10-21/h4-19,32H,3,20H2,1-2H3/b29-18-/t32-/m1/s1. The Balaban J connectivity index is 1.55. The van der Waals surface area contributed by atoms with E-state index in [2.05, 4.69) is 38.5 Å². The van der Waals surface area contributed by atoms with Crippen LogP contribution < -0.4 is 24.4 Å². The van der Waals surface area contributed by atoms with Crippen LogP contribution >= 0.6 is 61.5 Å². The van der Waals surface area contributed by atoms with Gasteiger partial charge in [0.25, 0.3) is 5.56 Å². The number of carbonyl (C=O) groups excluding carboxylic acids is 1. The zero-order chi connectivity index (χ0) is 33.1. The third-order valence-electron chi connectivity index (χ3n) is 7.43. The number of nitrogens with zero attached hydrogens (tertiary/aromatic N) is 2. The van der Waals surface area contributed by atoms with Gasteiger partial charge in [-0.1, -0.05) is 93.5 Å². The van der Waals surface area contributed by atoms with Gasteiger partial charge in [-0.25, -0.2) is 9.79 Å². The van der Waals surface area contributed by atoms with Crippen molar-refractivity contribution in [2.24, 2.45) is 4.99 Å². The van der Waals surface area contributed by atoms with E-state index in [9.17, 15) is 9.59 Å². The van der Waals surface area contributed by atoms with Gasteiger partial charge in [-0.3, -0.25) is 9.36 Å². The van der Waals surface area contributed by atoms with Crippen LogP contribution in [0.2, 0.25) is 5.02 Å². The van der Waals surface area contributed by atoms with Gasteiger partial charge in [-0.15, -0.1) is 0 Å². The van der Waals surface area contributed by atoms with Crippen LogP contribution in [0.5, 0.6) is 11.5 Å². The van der Waals surface area contributed by atoms with Gasteiger partial charge in [-0.2, -0.15) is 0 Å². The summed E-state index contributed by atoms with van der Waals surface area (Å²) in [6.07, 6.45) is 1.81. The lowest BCUT2D eigenvalue weighted by molar-refractivity contribution is -0.138. The maximum absolute atomic E-state index is 14.4. The maximum atomic E-state index is 14.4. The lowest BCUT2D eigenvalue weighted by atomic mass is 9.93. The van der Waals surface area contributed by atoms with Gasteiger partial charge in [0.2, 0.25) is 0 Å². The number of hydrogen-bond acceptors (Lipinski definition) is 7. The van der Waals surface area contributed by atoms with Crippen LogP contribution in [0.15, 0.2) is 111 Å². The molecule has 2 heterocycles. The van der Waals surface area contributed by atoms with Gasteiger partial charge >= 0.3 is 5.97 Å².